The second-order valence-corrected chi connectivity index (χ2v) is 6.35. The van der Waals surface area contributed by atoms with Crippen molar-refractivity contribution < 1.29 is 19.0 Å². The van der Waals surface area contributed by atoms with E-state index in [4.69, 9.17) is 14.2 Å². The molecule has 0 N–H and O–H groups in total. The maximum Gasteiger partial charge on any atom is 0.185 e. The molecule has 0 aromatic heterocycles. The standard InChI is InChI=1S/C23H24O4/c1-25-20-12-5-4-8-16(20)14-17-9-6-10-18(22(17)24)15-19-11-7-13-21(26-2)23(19)27-3/h4-5,7-8,11-15H,6,9-10H2,1-3H3/b17-14+,18-15+. The number of Topliss-reactive ketones (excluding diaryl/α,β-unsaturated/α-hetero) is 1. The van der Waals surface area contributed by atoms with Crippen LogP contribution in [0.1, 0.15) is 30.4 Å². The first-order valence-electron chi connectivity index (χ1n) is 8.97. The molecule has 0 aliphatic heterocycles. The summed E-state index contributed by atoms with van der Waals surface area (Å²) in [5.41, 5.74) is 3.36. The van der Waals surface area contributed by atoms with Gasteiger partial charge in [-0.1, -0.05) is 30.3 Å². The minimum Gasteiger partial charge on any atom is -0.496 e. The van der Waals surface area contributed by atoms with Gasteiger partial charge in [0, 0.05) is 22.3 Å². The molecule has 0 atom stereocenters. The van der Waals surface area contributed by atoms with E-state index < -0.39 is 0 Å². The molecule has 3 rings (SSSR count). The fourth-order valence-corrected chi connectivity index (χ4v) is 3.36. The van der Waals surface area contributed by atoms with Crippen LogP contribution in [-0.2, 0) is 4.79 Å². The number of ketones is 1. The Kier molecular flexibility index (Phi) is 5.97. The zero-order chi connectivity index (χ0) is 19.2. The summed E-state index contributed by atoms with van der Waals surface area (Å²) in [4.78, 5) is 13.0. The van der Waals surface area contributed by atoms with E-state index in [1.165, 1.54) is 0 Å². The van der Waals surface area contributed by atoms with Crippen molar-refractivity contribution in [3.8, 4) is 17.2 Å². The second-order valence-electron chi connectivity index (χ2n) is 6.35. The molecule has 1 saturated carbocycles. The van der Waals surface area contributed by atoms with Gasteiger partial charge in [0.05, 0.1) is 21.3 Å². The van der Waals surface area contributed by atoms with Crippen LogP contribution in [0.5, 0.6) is 17.2 Å². The molecule has 4 nitrogen and oxygen atoms in total. The molecule has 0 heterocycles. The van der Waals surface area contributed by atoms with Gasteiger partial charge in [-0.2, -0.15) is 0 Å². The number of hydrogen-bond donors (Lipinski definition) is 0. The van der Waals surface area contributed by atoms with Crippen LogP contribution in [0, 0.1) is 0 Å². The summed E-state index contributed by atoms with van der Waals surface area (Å²) in [5, 5.41) is 0. The SMILES string of the molecule is COc1ccccc1/C=C1\CCC/C(=C\c2cccc(OC)c2OC)C1=O. The molecule has 0 spiro atoms. The van der Waals surface area contributed by atoms with E-state index in [1.54, 1.807) is 21.3 Å². The molecule has 1 fully saturated rings. The monoisotopic (exact) mass is 364 g/mol. The molecule has 0 unspecified atom stereocenters. The first kappa shape index (κ1) is 18.8. The number of ether oxygens (including phenoxy) is 3. The van der Waals surface area contributed by atoms with Gasteiger partial charge in [0.2, 0.25) is 0 Å². The van der Waals surface area contributed by atoms with Crippen LogP contribution >= 0.6 is 0 Å². The van der Waals surface area contributed by atoms with Crippen molar-refractivity contribution in [2.45, 2.75) is 19.3 Å². The third kappa shape index (κ3) is 4.05. The van der Waals surface area contributed by atoms with E-state index in [-0.39, 0.29) is 5.78 Å². The molecular weight excluding hydrogens is 340 g/mol. The van der Waals surface area contributed by atoms with Gasteiger partial charge in [0.25, 0.3) is 0 Å². The van der Waals surface area contributed by atoms with Crippen molar-refractivity contribution in [1.82, 2.24) is 0 Å². The molecule has 140 valence electrons. The molecule has 0 saturated heterocycles. The van der Waals surface area contributed by atoms with E-state index in [0.717, 1.165) is 47.3 Å². The molecule has 1 aliphatic rings. The number of benzene rings is 2. The van der Waals surface area contributed by atoms with E-state index in [9.17, 15) is 4.79 Å². The Balaban J connectivity index is 1.96. The van der Waals surface area contributed by atoms with Crippen molar-refractivity contribution >= 4 is 17.9 Å². The van der Waals surface area contributed by atoms with Gasteiger partial charge >= 0.3 is 0 Å². The fraction of sp³-hybridized carbons (Fsp3) is 0.261. The Labute approximate surface area is 160 Å². The third-order valence-corrected chi connectivity index (χ3v) is 4.71. The summed E-state index contributed by atoms with van der Waals surface area (Å²) in [5.74, 6) is 2.14. The minimum absolute atomic E-state index is 0.0806. The van der Waals surface area contributed by atoms with Crippen LogP contribution in [0.25, 0.3) is 12.2 Å². The van der Waals surface area contributed by atoms with Crippen molar-refractivity contribution in [2.75, 3.05) is 21.3 Å². The maximum atomic E-state index is 13.0. The number of carbonyl (C=O) groups excluding carboxylic acids is 1. The van der Waals surface area contributed by atoms with E-state index >= 15 is 0 Å². The lowest BCUT2D eigenvalue weighted by Crippen LogP contribution is -2.12. The largest absolute Gasteiger partial charge is 0.496 e. The summed E-state index contributed by atoms with van der Waals surface area (Å²) < 4.78 is 16.2. The summed E-state index contributed by atoms with van der Waals surface area (Å²) in [6.45, 7) is 0. The number of rotatable bonds is 5. The predicted octanol–water partition coefficient (Wildman–Crippen LogP) is 4.93. The van der Waals surface area contributed by atoms with Crippen molar-refractivity contribution in [3.05, 3.63) is 64.7 Å². The quantitative estimate of drug-likeness (QED) is 0.706. The maximum absolute atomic E-state index is 13.0. The number of carbonyl (C=O) groups is 1. The highest BCUT2D eigenvalue weighted by atomic mass is 16.5. The van der Waals surface area contributed by atoms with Gasteiger partial charge in [-0.3, -0.25) is 4.79 Å². The summed E-state index contributed by atoms with van der Waals surface area (Å²) in [6, 6.07) is 13.4. The third-order valence-electron chi connectivity index (χ3n) is 4.71. The van der Waals surface area contributed by atoms with E-state index in [2.05, 4.69) is 0 Å². The highest BCUT2D eigenvalue weighted by molar-refractivity contribution is 6.14. The molecule has 0 bridgehead atoms. The van der Waals surface area contributed by atoms with Crippen LogP contribution in [0.15, 0.2) is 53.6 Å². The summed E-state index contributed by atoms with van der Waals surface area (Å²) in [6.07, 6.45) is 6.31. The molecule has 0 amide bonds. The van der Waals surface area contributed by atoms with Gasteiger partial charge in [-0.15, -0.1) is 0 Å². The van der Waals surface area contributed by atoms with Gasteiger partial charge in [-0.25, -0.2) is 0 Å². The second kappa shape index (κ2) is 8.58. The smallest absolute Gasteiger partial charge is 0.185 e. The molecule has 27 heavy (non-hydrogen) atoms. The average Bonchev–Trinajstić information content (AvgIpc) is 2.71. The Hall–Kier alpha value is -3.01. The lowest BCUT2D eigenvalue weighted by Gasteiger charge is -2.18. The predicted molar refractivity (Wildman–Crippen MR) is 107 cm³/mol. The van der Waals surface area contributed by atoms with Crippen LogP contribution < -0.4 is 14.2 Å². The zero-order valence-corrected chi connectivity index (χ0v) is 16.0. The molecule has 4 heteroatoms. The van der Waals surface area contributed by atoms with Crippen LogP contribution in [0.2, 0.25) is 0 Å². The van der Waals surface area contributed by atoms with Crippen LogP contribution in [-0.4, -0.2) is 27.1 Å². The zero-order valence-electron chi connectivity index (χ0n) is 16.0. The molecule has 1 aliphatic carbocycles. The molecule has 2 aromatic rings. The van der Waals surface area contributed by atoms with Crippen molar-refractivity contribution in [1.29, 1.82) is 0 Å². The van der Waals surface area contributed by atoms with Gasteiger partial charge < -0.3 is 14.2 Å². The molecular formula is C23H24O4. The lowest BCUT2D eigenvalue weighted by molar-refractivity contribution is -0.112. The number of allylic oxidation sites excluding steroid dienone is 2. The summed E-state index contributed by atoms with van der Waals surface area (Å²) in [7, 11) is 4.85. The Morgan fingerprint density at radius 1 is 0.741 bits per heavy atom. The van der Waals surface area contributed by atoms with Crippen LogP contribution in [0.4, 0.5) is 0 Å². The number of para-hydroxylation sites is 2. The van der Waals surface area contributed by atoms with E-state index in [1.807, 2.05) is 54.6 Å². The first-order chi connectivity index (χ1) is 13.2. The minimum atomic E-state index is 0.0806. The van der Waals surface area contributed by atoms with Gasteiger partial charge in [0.1, 0.15) is 5.75 Å². The summed E-state index contributed by atoms with van der Waals surface area (Å²) >= 11 is 0. The highest BCUT2D eigenvalue weighted by Gasteiger charge is 2.22. The number of methoxy groups -OCH3 is 3. The topological polar surface area (TPSA) is 44.8 Å². The Morgan fingerprint density at radius 2 is 1.33 bits per heavy atom. The highest BCUT2D eigenvalue weighted by Crippen LogP contribution is 2.35. The van der Waals surface area contributed by atoms with Crippen molar-refractivity contribution in [3.63, 3.8) is 0 Å². The van der Waals surface area contributed by atoms with E-state index in [0.29, 0.717) is 11.5 Å². The fourth-order valence-electron chi connectivity index (χ4n) is 3.36. The lowest BCUT2D eigenvalue weighted by atomic mass is 9.86. The number of hydrogen-bond acceptors (Lipinski definition) is 4. The van der Waals surface area contributed by atoms with Gasteiger partial charge in [0.15, 0.2) is 17.3 Å². The average molecular weight is 364 g/mol. The normalized spacial score (nSPS) is 17.2. The van der Waals surface area contributed by atoms with Gasteiger partial charge in [-0.05, 0) is 43.5 Å². The van der Waals surface area contributed by atoms with Crippen molar-refractivity contribution in [2.24, 2.45) is 0 Å². The Morgan fingerprint density at radius 3 is 2.00 bits per heavy atom. The van der Waals surface area contributed by atoms with Crippen LogP contribution in [0.3, 0.4) is 0 Å². The molecule has 2 aromatic carbocycles. The molecule has 0 radical (unpaired) electrons. The Bertz CT molecular complexity index is 893. The first-order valence-corrected chi connectivity index (χ1v) is 8.97.